The van der Waals surface area contributed by atoms with Gasteiger partial charge in [-0.25, -0.2) is 4.79 Å². The molecule has 0 radical (unpaired) electrons. The second-order valence-electron chi connectivity index (χ2n) is 5.37. The van der Waals surface area contributed by atoms with E-state index in [1.165, 1.54) is 6.07 Å². The van der Waals surface area contributed by atoms with Gasteiger partial charge in [0.25, 0.3) is 0 Å². The predicted octanol–water partition coefficient (Wildman–Crippen LogP) is 2.70. The minimum Gasteiger partial charge on any atom is -0.477 e. The summed E-state index contributed by atoms with van der Waals surface area (Å²) >= 11 is 0. The van der Waals surface area contributed by atoms with Gasteiger partial charge in [0, 0.05) is 18.1 Å². The molecule has 0 spiro atoms. The van der Waals surface area contributed by atoms with E-state index in [9.17, 15) is 4.79 Å². The first-order chi connectivity index (χ1) is 9.44. The first-order valence-corrected chi connectivity index (χ1v) is 6.32. The van der Waals surface area contributed by atoms with Gasteiger partial charge in [-0.1, -0.05) is 38.1 Å². The molecule has 0 saturated carbocycles. The van der Waals surface area contributed by atoms with Gasteiger partial charge in [0.2, 0.25) is 0 Å². The molecule has 0 saturated heterocycles. The lowest BCUT2D eigenvalue weighted by atomic mass is 9.85. The third kappa shape index (κ3) is 2.88. The molecule has 5 nitrogen and oxygen atoms in total. The highest BCUT2D eigenvalue weighted by Gasteiger charge is 2.20. The smallest absolute Gasteiger partial charge is 0.353 e. The molecule has 0 unspecified atom stereocenters. The number of hydrogen-bond donors (Lipinski definition) is 2. The van der Waals surface area contributed by atoms with Crippen LogP contribution in [0.3, 0.4) is 0 Å². The molecule has 0 atom stereocenters. The number of carbonyl (C=O) groups is 1. The molecule has 0 aliphatic carbocycles. The van der Waals surface area contributed by atoms with Crippen LogP contribution in [0.15, 0.2) is 30.3 Å². The Bertz CT molecular complexity index is 600. The normalized spacial score (nSPS) is 11.6. The van der Waals surface area contributed by atoms with Crippen molar-refractivity contribution in [3.8, 4) is 11.3 Å². The van der Waals surface area contributed by atoms with E-state index in [-0.39, 0.29) is 11.1 Å². The van der Waals surface area contributed by atoms with E-state index in [0.29, 0.717) is 12.3 Å². The lowest BCUT2D eigenvalue weighted by Gasteiger charge is -2.24. The Hall–Kier alpha value is -2.14. The van der Waals surface area contributed by atoms with Crippen LogP contribution in [0.4, 0.5) is 0 Å². The SMILES string of the molecule is COCC(C)(C)c1ccc(-c2cc(C(=O)O)[nH]n2)cc1. The van der Waals surface area contributed by atoms with Gasteiger partial charge in [-0.15, -0.1) is 0 Å². The van der Waals surface area contributed by atoms with E-state index in [1.54, 1.807) is 7.11 Å². The Morgan fingerprint density at radius 3 is 2.50 bits per heavy atom. The van der Waals surface area contributed by atoms with Crippen LogP contribution in [0.5, 0.6) is 0 Å². The van der Waals surface area contributed by atoms with Gasteiger partial charge >= 0.3 is 5.97 Å². The van der Waals surface area contributed by atoms with Crippen LogP contribution in [-0.4, -0.2) is 35.0 Å². The molecule has 20 heavy (non-hydrogen) atoms. The summed E-state index contributed by atoms with van der Waals surface area (Å²) in [5.41, 5.74) is 2.69. The van der Waals surface area contributed by atoms with E-state index in [4.69, 9.17) is 9.84 Å². The number of aromatic amines is 1. The number of aromatic nitrogens is 2. The second-order valence-corrected chi connectivity index (χ2v) is 5.37. The summed E-state index contributed by atoms with van der Waals surface area (Å²) in [6.07, 6.45) is 0. The fourth-order valence-electron chi connectivity index (χ4n) is 2.12. The van der Waals surface area contributed by atoms with Gasteiger partial charge in [0.15, 0.2) is 0 Å². The molecule has 1 aromatic carbocycles. The second kappa shape index (κ2) is 5.46. The van der Waals surface area contributed by atoms with Crippen LogP contribution in [0.2, 0.25) is 0 Å². The number of nitrogens with zero attached hydrogens (tertiary/aromatic N) is 1. The molecule has 2 N–H and O–H groups in total. The number of carboxylic acids is 1. The van der Waals surface area contributed by atoms with E-state index in [0.717, 1.165) is 11.1 Å². The van der Waals surface area contributed by atoms with Crippen LogP contribution < -0.4 is 0 Å². The van der Waals surface area contributed by atoms with E-state index in [2.05, 4.69) is 24.0 Å². The predicted molar refractivity (Wildman–Crippen MR) is 75.9 cm³/mol. The molecule has 1 heterocycles. The number of carboxylic acid groups (broad SMARTS) is 1. The monoisotopic (exact) mass is 274 g/mol. The Labute approximate surface area is 117 Å². The van der Waals surface area contributed by atoms with Crippen molar-refractivity contribution in [1.29, 1.82) is 0 Å². The van der Waals surface area contributed by atoms with Crippen molar-refractivity contribution in [3.63, 3.8) is 0 Å². The number of H-pyrrole nitrogens is 1. The minimum absolute atomic E-state index is 0.0644. The topological polar surface area (TPSA) is 75.2 Å². The molecule has 2 rings (SSSR count). The largest absolute Gasteiger partial charge is 0.477 e. The first kappa shape index (κ1) is 14.3. The number of benzene rings is 1. The molecule has 0 aliphatic rings. The van der Waals surface area contributed by atoms with Crippen molar-refractivity contribution in [3.05, 3.63) is 41.6 Å². The Balaban J connectivity index is 2.25. The molecule has 0 aliphatic heterocycles. The molecule has 106 valence electrons. The third-order valence-electron chi connectivity index (χ3n) is 3.28. The zero-order valence-electron chi connectivity index (χ0n) is 11.8. The summed E-state index contributed by atoms with van der Waals surface area (Å²) in [6.45, 7) is 4.86. The summed E-state index contributed by atoms with van der Waals surface area (Å²) < 4.78 is 5.22. The lowest BCUT2D eigenvalue weighted by molar-refractivity contribution is 0.0690. The van der Waals surface area contributed by atoms with Gasteiger partial charge in [0.1, 0.15) is 5.69 Å². The Kier molecular flexibility index (Phi) is 3.90. The molecule has 0 bridgehead atoms. The number of methoxy groups -OCH3 is 1. The maximum absolute atomic E-state index is 10.8. The summed E-state index contributed by atoms with van der Waals surface area (Å²) in [5, 5.41) is 15.4. The van der Waals surface area contributed by atoms with Crippen LogP contribution in [0.25, 0.3) is 11.3 Å². The summed E-state index contributed by atoms with van der Waals surface area (Å²) in [5.74, 6) is -1.01. The third-order valence-corrected chi connectivity index (χ3v) is 3.28. The highest BCUT2D eigenvalue weighted by atomic mass is 16.5. The van der Waals surface area contributed by atoms with E-state index in [1.807, 2.05) is 24.3 Å². The van der Waals surface area contributed by atoms with Crippen molar-refractivity contribution >= 4 is 5.97 Å². The Morgan fingerprint density at radius 1 is 1.35 bits per heavy atom. The minimum atomic E-state index is -1.01. The van der Waals surface area contributed by atoms with Gasteiger partial charge in [-0.2, -0.15) is 5.10 Å². The highest BCUT2D eigenvalue weighted by Crippen LogP contribution is 2.26. The maximum Gasteiger partial charge on any atom is 0.353 e. The van der Waals surface area contributed by atoms with Crippen LogP contribution in [0.1, 0.15) is 29.9 Å². The number of ether oxygens (including phenoxy) is 1. The van der Waals surface area contributed by atoms with E-state index < -0.39 is 5.97 Å². The van der Waals surface area contributed by atoms with Gasteiger partial charge in [-0.3, -0.25) is 5.10 Å². The quantitative estimate of drug-likeness (QED) is 0.879. The van der Waals surface area contributed by atoms with Crippen LogP contribution in [-0.2, 0) is 10.2 Å². The van der Waals surface area contributed by atoms with Crippen molar-refractivity contribution in [1.82, 2.24) is 10.2 Å². The summed E-state index contributed by atoms with van der Waals surface area (Å²) in [4.78, 5) is 10.8. The molecular weight excluding hydrogens is 256 g/mol. The van der Waals surface area contributed by atoms with Gasteiger partial charge < -0.3 is 9.84 Å². The fourth-order valence-corrected chi connectivity index (χ4v) is 2.12. The molecular formula is C15H18N2O3. The van der Waals surface area contributed by atoms with Gasteiger partial charge in [-0.05, 0) is 11.6 Å². The molecule has 1 aromatic heterocycles. The first-order valence-electron chi connectivity index (χ1n) is 6.32. The zero-order valence-corrected chi connectivity index (χ0v) is 11.8. The number of rotatable bonds is 5. The maximum atomic E-state index is 10.8. The zero-order chi connectivity index (χ0) is 14.8. The molecule has 2 aromatic rings. The number of hydrogen-bond acceptors (Lipinski definition) is 3. The number of nitrogens with one attached hydrogen (secondary N) is 1. The van der Waals surface area contributed by atoms with Crippen molar-refractivity contribution in [2.75, 3.05) is 13.7 Å². The Morgan fingerprint density at radius 2 is 2.00 bits per heavy atom. The van der Waals surface area contributed by atoms with Crippen LogP contribution in [0, 0.1) is 0 Å². The van der Waals surface area contributed by atoms with Crippen molar-refractivity contribution < 1.29 is 14.6 Å². The van der Waals surface area contributed by atoms with E-state index >= 15 is 0 Å². The lowest BCUT2D eigenvalue weighted by Crippen LogP contribution is -2.23. The van der Waals surface area contributed by atoms with Crippen molar-refractivity contribution in [2.24, 2.45) is 0 Å². The molecule has 0 amide bonds. The summed E-state index contributed by atoms with van der Waals surface area (Å²) in [7, 11) is 1.69. The fraction of sp³-hybridized carbons (Fsp3) is 0.333. The number of aromatic carboxylic acids is 1. The molecule has 0 fully saturated rings. The van der Waals surface area contributed by atoms with Crippen molar-refractivity contribution in [2.45, 2.75) is 19.3 Å². The molecule has 5 heteroatoms. The summed E-state index contributed by atoms with van der Waals surface area (Å²) in [6, 6.07) is 9.44. The van der Waals surface area contributed by atoms with Gasteiger partial charge in [0.05, 0.1) is 12.3 Å². The average molecular weight is 274 g/mol. The average Bonchev–Trinajstić information content (AvgIpc) is 2.88. The van der Waals surface area contributed by atoms with Crippen LogP contribution >= 0.6 is 0 Å². The highest BCUT2D eigenvalue weighted by molar-refractivity contribution is 5.86. The standard InChI is InChI=1S/C15H18N2O3/c1-15(2,9-20-3)11-6-4-10(5-7-11)12-8-13(14(18)19)17-16-12/h4-8H,9H2,1-3H3,(H,16,17)(H,18,19).